The number of benzene rings is 1. The van der Waals surface area contributed by atoms with Crippen molar-refractivity contribution in [3.05, 3.63) is 41.5 Å². The van der Waals surface area contributed by atoms with E-state index < -0.39 is 0 Å². The summed E-state index contributed by atoms with van der Waals surface area (Å²) in [6.45, 7) is 11.1. The van der Waals surface area contributed by atoms with Gasteiger partial charge in [0.1, 0.15) is 12.4 Å². The van der Waals surface area contributed by atoms with E-state index in [-0.39, 0.29) is 11.4 Å². The van der Waals surface area contributed by atoms with E-state index in [9.17, 15) is 4.79 Å². The number of ether oxygens (including phenoxy) is 2. The molecule has 3 heteroatoms. The summed E-state index contributed by atoms with van der Waals surface area (Å²) >= 11 is 0. The predicted molar refractivity (Wildman–Crippen MR) is 81.1 cm³/mol. The minimum Gasteiger partial charge on any atom is -0.489 e. The van der Waals surface area contributed by atoms with Crippen molar-refractivity contribution in [1.82, 2.24) is 0 Å². The van der Waals surface area contributed by atoms with Crippen molar-refractivity contribution < 1.29 is 14.3 Å². The average Bonchev–Trinajstić information content (AvgIpc) is 2.35. The van der Waals surface area contributed by atoms with Crippen molar-refractivity contribution >= 4 is 5.97 Å². The lowest BCUT2D eigenvalue weighted by Gasteiger charge is -2.20. The Morgan fingerprint density at radius 2 is 2.00 bits per heavy atom. The van der Waals surface area contributed by atoms with Gasteiger partial charge in [0, 0.05) is 6.08 Å². The van der Waals surface area contributed by atoms with Gasteiger partial charge in [-0.3, -0.25) is 0 Å². The summed E-state index contributed by atoms with van der Waals surface area (Å²) in [5.41, 5.74) is 2.51. The van der Waals surface area contributed by atoms with Crippen LogP contribution in [0, 0.1) is 6.92 Å². The fraction of sp³-hybridized carbons (Fsp3) is 0.471. The van der Waals surface area contributed by atoms with Gasteiger partial charge < -0.3 is 9.47 Å². The van der Waals surface area contributed by atoms with Crippen LogP contribution in [-0.2, 0) is 14.9 Å². The number of carbonyl (C=O) groups excluding carboxylic acids is 1. The Hall–Kier alpha value is -1.77. The van der Waals surface area contributed by atoms with Crippen LogP contribution in [-0.4, -0.2) is 19.2 Å². The molecule has 1 rings (SSSR count). The third-order valence-electron chi connectivity index (χ3n) is 2.92. The molecule has 0 atom stereocenters. The van der Waals surface area contributed by atoms with Crippen molar-refractivity contribution in [1.29, 1.82) is 0 Å². The number of hydrogen-bond acceptors (Lipinski definition) is 3. The molecule has 0 aromatic heterocycles. The summed E-state index contributed by atoms with van der Waals surface area (Å²) in [7, 11) is 0. The van der Waals surface area contributed by atoms with Crippen LogP contribution in [0.4, 0.5) is 0 Å². The monoisotopic (exact) mass is 276 g/mol. The van der Waals surface area contributed by atoms with Gasteiger partial charge in [0.15, 0.2) is 0 Å². The Labute approximate surface area is 121 Å². The van der Waals surface area contributed by atoms with Crippen LogP contribution in [0.25, 0.3) is 0 Å². The molecule has 0 N–H and O–H groups in total. The summed E-state index contributed by atoms with van der Waals surface area (Å²) in [4.78, 5) is 11.1. The van der Waals surface area contributed by atoms with Crippen LogP contribution in [0.2, 0.25) is 0 Å². The lowest BCUT2D eigenvalue weighted by Crippen LogP contribution is -2.11. The first kappa shape index (κ1) is 16.3. The number of carbonyl (C=O) groups is 1. The Kier molecular flexibility index (Phi) is 5.81. The first-order valence-corrected chi connectivity index (χ1v) is 6.92. The van der Waals surface area contributed by atoms with Crippen molar-refractivity contribution in [3.63, 3.8) is 0 Å². The van der Waals surface area contributed by atoms with E-state index >= 15 is 0 Å². The molecule has 0 saturated carbocycles. The quantitative estimate of drug-likeness (QED) is 0.606. The molecule has 110 valence electrons. The summed E-state index contributed by atoms with van der Waals surface area (Å²) in [6.07, 6.45) is 3.05. The number of esters is 1. The molecule has 0 aliphatic rings. The molecule has 0 radical (unpaired) electrons. The molecular weight excluding hydrogens is 252 g/mol. The minimum absolute atomic E-state index is 0.132. The van der Waals surface area contributed by atoms with Gasteiger partial charge in [-0.2, -0.15) is 0 Å². The topological polar surface area (TPSA) is 35.5 Å². The van der Waals surface area contributed by atoms with Gasteiger partial charge in [-0.15, -0.1) is 0 Å². The molecule has 0 fully saturated rings. The Morgan fingerprint density at radius 3 is 2.55 bits per heavy atom. The van der Waals surface area contributed by atoms with Gasteiger partial charge in [-0.1, -0.05) is 32.9 Å². The second-order valence-electron chi connectivity index (χ2n) is 5.70. The Balaban J connectivity index is 2.60. The molecular formula is C17H24O3. The second kappa shape index (κ2) is 7.13. The molecule has 0 amide bonds. The standard InChI is InChI=1S/C17H24O3/c1-6-19-16(18)8-7-11-20-15-10-9-14(12-13(15)2)17(3,4)5/h7-10,12H,6,11H2,1-5H3/b8-7+. The molecule has 1 aromatic carbocycles. The molecule has 0 aliphatic heterocycles. The molecule has 0 aliphatic carbocycles. The smallest absolute Gasteiger partial charge is 0.330 e. The van der Waals surface area contributed by atoms with Crippen LogP contribution in [0.3, 0.4) is 0 Å². The van der Waals surface area contributed by atoms with Gasteiger partial charge >= 0.3 is 5.97 Å². The van der Waals surface area contributed by atoms with Crippen LogP contribution in [0.1, 0.15) is 38.8 Å². The Bertz CT molecular complexity index is 481. The minimum atomic E-state index is -0.337. The summed E-state index contributed by atoms with van der Waals surface area (Å²) in [5, 5.41) is 0. The average molecular weight is 276 g/mol. The van der Waals surface area contributed by atoms with Crippen LogP contribution < -0.4 is 4.74 Å². The van der Waals surface area contributed by atoms with E-state index in [0.29, 0.717) is 13.2 Å². The summed E-state index contributed by atoms with van der Waals surface area (Å²) in [6, 6.07) is 6.20. The van der Waals surface area contributed by atoms with Crippen molar-refractivity contribution in [2.24, 2.45) is 0 Å². The van der Waals surface area contributed by atoms with E-state index in [4.69, 9.17) is 9.47 Å². The molecule has 0 saturated heterocycles. The SMILES string of the molecule is CCOC(=O)/C=C/COc1ccc(C(C)(C)C)cc1C. The van der Waals surface area contributed by atoms with E-state index in [0.717, 1.165) is 11.3 Å². The van der Waals surface area contributed by atoms with Gasteiger partial charge in [0.05, 0.1) is 6.61 Å². The zero-order valence-corrected chi connectivity index (χ0v) is 13.0. The largest absolute Gasteiger partial charge is 0.489 e. The third kappa shape index (κ3) is 5.08. The number of rotatable bonds is 5. The van der Waals surface area contributed by atoms with E-state index in [1.54, 1.807) is 13.0 Å². The molecule has 0 spiro atoms. The molecule has 3 nitrogen and oxygen atoms in total. The lowest BCUT2D eigenvalue weighted by atomic mass is 9.86. The zero-order chi connectivity index (χ0) is 15.2. The highest BCUT2D eigenvalue weighted by atomic mass is 16.5. The molecule has 1 aromatic rings. The fourth-order valence-electron chi connectivity index (χ4n) is 1.75. The molecule has 0 heterocycles. The van der Waals surface area contributed by atoms with Gasteiger partial charge in [-0.25, -0.2) is 4.79 Å². The normalized spacial score (nSPS) is 11.7. The van der Waals surface area contributed by atoms with Crippen LogP contribution in [0.5, 0.6) is 5.75 Å². The van der Waals surface area contributed by atoms with Crippen molar-refractivity contribution in [2.45, 2.75) is 40.0 Å². The first-order valence-electron chi connectivity index (χ1n) is 6.92. The van der Waals surface area contributed by atoms with Gasteiger partial charge in [-0.05, 0) is 42.5 Å². The van der Waals surface area contributed by atoms with Crippen LogP contribution in [0.15, 0.2) is 30.4 Å². The second-order valence-corrected chi connectivity index (χ2v) is 5.70. The predicted octanol–water partition coefficient (Wildman–Crippen LogP) is 3.79. The highest BCUT2D eigenvalue weighted by Crippen LogP contribution is 2.27. The highest BCUT2D eigenvalue weighted by molar-refractivity contribution is 5.81. The first-order chi connectivity index (χ1) is 9.34. The maximum absolute atomic E-state index is 11.1. The van der Waals surface area contributed by atoms with E-state index in [2.05, 4.69) is 32.9 Å². The number of aryl methyl sites for hydroxylation is 1. The fourth-order valence-corrected chi connectivity index (χ4v) is 1.75. The summed E-state index contributed by atoms with van der Waals surface area (Å²) in [5.74, 6) is 0.502. The Morgan fingerprint density at radius 1 is 1.30 bits per heavy atom. The summed E-state index contributed by atoms with van der Waals surface area (Å²) < 4.78 is 10.4. The third-order valence-corrected chi connectivity index (χ3v) is 2.92. The molecule has 0 bridgehead atoms. The van der Waals surface area contributed by atoms with Gasteiger partial charge in [0.2, 0.25) is 0 Å². The molecule has 0 unspecified atom stereocenters. The lowest BCUT2D eigenvalue weighted by molar-refractivity contribution is -0.137. The van der Waals surface area contributed by atoms with E-state index in [1.807, 2.05) is 13.0 Å². The van der Waals surface area contributed by atoms with Gasteiger partial charge in [0.25, 0.3) is 0 Å². The maximum Gasteiger partial charge on any atom is 0.330 e. The maximum atomic E-state index is 11.1. The number of hydrogen-bond donors (Lipinski definition) is 0. The van der Waals surface area contributed by atoms with Crippen molar-refractivity contribution in [3.8, 4) is 5.75 Å². The van der Waals surface area contributed by atoms with Crippen LogP contribution >= 0.6 is 0 Å². The van der Waals surface area contributed by atoms with Crippen molar-refractivity contribution in [2.75, 3.05) is 13.2 Å². The van der Waals surface area contributed by atoms with E-state index in [1.165, 1.54) is 11.6 Å². The zero-order valence-electron chi connectivity index (χ0n) is 13.0. The molecule has 20 heavy (non-hydrogen) atoms. The highest BCUT2D eigenvalue weighted by Gasteiger charge is 2.14.